The van der Waals surface area contributed by atoms with E-state index in [1.165, 1.54) is 6.20 Å². The highest BCUT2D eigenvalue weighted by Gasteiger charge is 2.32. The minimum absolute atomic E-state index is 0.0917. The number of carbonyl (C=O) groups excluding carboxylic acids is 1. The fourth-order valence-electron chi connectivity index (χ4n) is 2.46. The molecule has 3 heterocycles. The van der Waals surface area contributed by atoms with Crippen LogP contribution in [0.1, 0.15) is 28.4 Å². The summed E-state index contributed by atoms with van der Waals surface area (Å²) in [6.45, 7) is 0.606. The molecule has 0 aliphatic carbocycles. The second kappa shape index (κ2) is 5.83. The van der Waals surface area contributed by atoms with Gasteiger partial charge in [0, 0.05) is 37.8 Å². The van der Waals surface area contributed by atoms with Gasteiger partial charge in [0.1, 0.15) is 6.10 Å². The van der Waals surface area contributed by atoms with E-state index >= 15 is 0 Å². The number of nitrogens with one attached hydrogen (secondary N) is 1. The Bertz CT molecular complexity index is 658. The van der Waals surface area contributed by atoms with Crippen molar-refractivity contribution in [1.82, 2.24) is 20.1 Å². The van der Waals surface area contributed by atoms with Gasteiger partial charge in [0.05, 0.1) is 22.8 Å². The zero-order valence-corrected chi connectivity index (χ0v) is 12.2. The minimum Gasteiger partial charge on any atom is -0.371 e. The normalized spacial score (nSPS) is 21.4. The third-order valence-electron chi connectivity index (χ3n) is 3.48. The molecule has 3 rings (SSSR count). The van der Waals surface area contributed by atoms with Gasteiger partial charge in [0.25, 0.3) is 5.91 Å². The number of nitrogens with zero attached hydrogens (tertiary/aromatic N) is 3. The van der Waals surface area contributed by atoms with E-state index in [2.05, 4.69) is 15.4 Å². The van der Waals surface area contributed by atoms with E-state index in [-0.39, 0.29) is 18.1 Å². The molecule has 2 atom stereocenters. The van der Waals surface area contributed by atoms with Crippen LogP contribution in [0.4, 0.5) is 0 Å². The summed E-state index contributed by atoms with van der Waals surface area (Å²) >= 11 is 5.99. The molecule has 0 saturated carbocycles. The first-order valence-corrected chi connectivity index (χ1v) is 7.03. The van der Waals surface area contributed by atoms with Crippen molar-refractivity contribution in [3.8, 4) is 0 Å². The first-order valence-electron chi connectivity index (χ1n) is 6.65. The number of hydrogen-bond acceptors (Lipinski definition) is 4. The van der Waals surface area contributed by atoms with Crippen LogP contribution in [-0.4, -0.2) is 33.3 Å². The summed E-state index contributed by atoms with van der Waals surface area (Å²) in [6, 6.07) is 1.51. The fourth-order valence-corrected chi connectivity index (χ4v) is 2.66. The van der Waals surface area contributed by atoms with E-state index in [0.717, 1.165) is 12.0 Å². The number of aromatic nitrogens is 3. The maximum absolute atomic E-state index is 12.3. The molecule has 1 amide bonds. The molecule has 110 valence electrons. The van der Waals surface area contributed by atoms with Gasteiger partial charge in [-0.15, -0.1) is 0 Å². The third-order valence-corrected chi connectivity index (χ3v) is 3.78. The van der Waals surface area contributed by atoms with Gasteiger partial charge in [-0.25, -0.2) is 0 Å². The smallest absolute Gasteiger partial charge is 0.253 e. The molecule has 21 heavy (non-hydrogen) atoms. The summed E-state index contributed by atoms with van der Waals surface area (Å²) in [5, 5.41) is 7.46. The van der Waals surface area contributed by atoms with Crippen LogP contribution in [0.5, 0.6) is 0 Å². The summed E-state index contributed by atoms with van der Waals surface area (Å²) in [5.41, 5.74) is 1.38. The molecule has 2 aromatic rings. The molecule has 7 heteroatoms. The Balaban J connectivity index is 1.75. The third kappa shape index (κ3) is 2.91. The Kier molecular flexibility index (Phi) is 3.90. The number of carbonyl (C=O) groups is 1. The van der Waals surface area contributed by atoms with Crippen molar-refractivity contribution in [3.05, 3.63) is 47.0 Å². The molecule has 1 aliphatic rings. The molecule has 1 aliphatic heterocycles. The maximum Gasteiger partial charge on any atom is 0.253 e. The largest absolute Gasteiger partial charge is 0.371 e. The zero-order chi connectivity index (χ0) is 14.8. The second-order valence-electron chi connectivity index (χ2n) is 4.96. The highest BCUT2D eigenvalue weighted by atomic mass is 35.5. The Morgan fingerprint density at radius 2 is 2.38 bits per heavy atom. The van der Waals surface area contributed by atoms with E-state index in [0.29, 0.717) is 17.2 Å². The topological polar surface area (TPSA) is 69.0 Å². The number of amides is 1. The van der Waals surface area contributed by atoms with E-state index in [1.54, 1.807) is 23.1 Å². The summed E-state index contributed by atoms with van der Waals surface area (Å²) in [4.78, 5) is 16.2. The predicted molar refractivity (Wildman–Crippen MR) is 77.0 cm³/mol. The highest BCUT2D eigenvalue weighted by Crippen LogP contribution is 2.29. The molecule has 0 radical (unpaired) electrons. The molecule has 1 fully saturated rings. The van der Waals surface area contributed by atoms with E-state index in [1.807, 2.05) is 13.2 Å². The first kappa shape index (κ1) is 14.0. The zero-order valence-electron chi connectivity index (χ0n) is 11.5. The van der Waals surface area contributed by atoms with Gasteiger partial charge in [0.15, 0.2) is 0 Å². The monoisotopic (exact) mass is 306 g/mol. The second-order valence-corrected chi connectivity index (χ2v) is 5.37. The van der Waals surface area contributed by atoms with Crippen molar-refractivity contribution in [2.75, 3.05) is 6.61 Å². The van der Waals surface area contributed by atoms with Gasteiger partial charge in [-0.05, 0) is 12.5 Å². The van der Waals surface area contributed by atoms with Gasteiger partial charge < -0.3 is 10.1 Å². The summed E-state index contributed by atoms with van der Waals surface area (Å²) in [7, 11) is 1.85. The van der Waals surface area contributed by atoms with Gasteiger partial charge in [-0.2, -0.15) is 5.10 Å². The quantitative estimate of drug-likeness (QED) is 0.937. The van der Waals surface area contributed by atoms with Gasteiger partial charge in [-0.3, -0.25) is 14.5 Å². The van der Waals surface area contributed by atoms with Gasteiger partial charge >= 0.3 is 0 Å². The molecule has 0 aromatic carbocycles. The summed E-state index contributed by atoms with van der Waals surface area (Å²) in [5.74, 6) is -0.216. The number of ether oxygens (including phenoxy) is 1. The van der Waals surface area contributed by atoms with Gasteiger partial charge in [0.2, 0.25) is 0 Å². The lowest BCUT2D eigenvalue weighted by Gasteiger charge is -2.19. The Morgan fingerprint density at radius 3 is 3.10 bits per heavy atom. The first-order chi connectivity index (χ1) is 10.1. The van der Waals surface area contributed by atoms with E-state index < -0.39 is 0 Å². The lowest BCUT2D eigenvalue weighted by molar-refractivity contribution is 0.0821. The average molecular weight is 307 g/mol. The molecule has 2 aromatic heterocycles. The number of hydrogen-bond donors (Lipinski definition) is 1. The number of pyridine rings is 1. The van der Waals surface area contributed by atoms with Crippen LogP contribution in [-0.2, 0) is 11.8 Å². The van der Waals surface area contributed by atoms with E-state index in [4.69, 9.17) is 16.3 Å². The predicted octanol–water partition coefficient (Wildman–Crippen LogP) is 1.73. The summed E-state index contributed by atoms with van der Waals surface area (Å²) in [6.07, 6.45) is 7.24. The molecular formula is C14H15ClN4O2. The standard InChI is InChI=1S/C14H15ClN4O2/c1-19-8-9(6-17-19)13-12(3-5-21-13)18-14(20)10-2-4-16-7-11(10)15/h2,4,6-8,12-13H,3,5H2,1H3,(H,18,20)/t12-,13+/m0/s1. The highest BCUT2D eigenvalue weighted by molar-refractivity contribution is 6.33. The van der Waals surface area contributed by atoms with Crippen molar-refractivity contribution >= 4 is 17.5 Å². The molecule has 0 unspecified atom stereocenters. The lowest BCUT2D eigenvalue weighted by atomic mass is 10.0. The minimum atomic E-state index is -0.216. The number of aryl methyl sites for hydroxylation is 1. The van der Waals surface area contributed by atoms with E-state index in [9.17, 15) is 4.79 Å². The maximum atomic E-state index is 12.3. The fraction of sp³-hybridized carbons (Fsp3) is 0.357. The molecule has 1 N–H and O–H groups in total. The van der Waals surface area contributed by atoms with Crippen LogP contribution < -0.4 is 5.32 Å². The molecule has 0 spiro atoms. The number of rotatable bonds is 3. The SMILES string of the molecule is Cn1cc([C@H]2OCC[C@@H]2NC(=O)c2ccncc2Cl)cn1. The Labute approximate surface area is 127 Å². The van der Waals surface area contributed by atoms with Crippen LogP contribution in [0.2, 0.25) is 5.02 Å². The molecule has 0 bridgehead atoms. The van der Waals surface area contributed by atoms with Crippen LogP contribution >= 0.6 is 11.6 Å². The summed E-state index contributed by atoms with van der Waals surface area (Å²) < 4.78 is 7.44. The lowest BCUT2D eigenvalue weighted by Crippen LogP contribution is -2.36. The van der Waals surface area contributed by atoms with Gasteiger partial charge in [-0.1, -0.05) is 11.6 Å². The van der Waals surface area contributed by atoms with Crippen LogP contribution in [0, 0.1) is 0 Å². The van der Waals surface area contributed by atoms with Crippen LogP contribution in [0.15, 0.2) is 30.9 Å². The Hall–Kier alpha value is -1.92. The van der Waals surface area contributed by atoms with Crippen LogP contribution in [0.3, 0.4) is 0 Å². The van der Waals surface area contributed by atoms with Crippen molar-refractivity contribution in [2.45, 2.75) is 18.6 Å². The van der Waals surface area contributed by atoms with Crippen molar-refractivity contribution in [2.24, 2.45) is 7.05 Å². The van der Waals surface area contributed by atoms with Crippen LogP contribution in [0.25, 0.3) is 0 Å². The molecular weight excluding hydrogens is 292 g/mol. The molecule has 6 nitrogen and oxygen atoms in total. The van der Waals surface area contributed by atoms with Crippen molar-refractivity contribution in [3.63, 3.8) is 0 Å². The average Bonchev–Trinajstić information content (AvgIpc) is 3.08. The van der Waals surface area contributed by atoms with Crippen molar-refractivity contribution in [1.29, 1.82) is 0 Å². The van der Waals surface area contributed by atoms with Crippen molar-refractivity contribution < 1.29 is 9.53 Å². The molecule has 1 saturated heterocycles. The Morgan fingerprint density at radius 1 is 1.52 bits per heavy atom. The number of halogens is 1.